The van der Waals surface area contributed by atoms with E-state index in [-0.39, 0.29) is 11.5 Å². The number of aryl methyl sites for hydroxylation is 1. The second kappa shape index (κ2) is 9.82. The zero-order valence-electron chi connectivity index (χ0n) is 18.4. The molecular formula is C24H21N5O5. The second-order valence-corrected chi connectivity index (χ2v) is 7.20. The fourth-order valence-electron chi connectivity index (χ4n) is 3.28. The van der Waals surface area contributed by atoms with Crippen LogP contribution in [-0.4, -0.2) is 46.1 Å². The van der Waals surface area contributed by atoms with Crippen LogP contribution in [0, 0.1) is 6.92 Å². The van der Waals surface area contributed by atoms with Crippen molar-refractivity contribution >= 4 is 34.8 Å². The van der Waals surface area contributed by atoms with E-state index in [2.05, 4.69) is 20.7 Å². The van der Waals surface area contributed by atoms with Gasteiger partial charge in [0.2, 0.25) is 0 Å². The van der Waals surface area contributed by atoms with Crippen LogP contribution in [0.15, 0.2) is 67.0 Å². The van der Waals surface area contributed by atoms with Gasteiger partial charge in [0.25, 0.3) is 11.8 Å². The lowest BCUT2D eigenvalue weighted by Gasteiger charge is -2.10. The van der Waals surface area contributed by atoms with Gasteiger partial charge in [-0.05, 0) is 49.4 Å². The first-order valence-electron chi connectivity index (χ1n) is 10.3. The van der Waals surface area contributed by atoms with E-state index in [1.54, 1.807) is 73.9 Å². The number of nitrogens with zero attached hydrogens (tertiary/aromatic N) is 3. The standard InChI is InChI=1S/C24H21N5O5/c1-15-21(22-25-12-5-13-29(22)28-15)24(32)34-14-20(30)26-17-10-8-16(9-11-17)23(31)27-18-6-3-4-7-19(18)33-2/h3-13H,14H2,1-2H3,(H,26,30)(H,27,31). The highest BCUT2D eigenvalue weighted by Gasteiger charge is 2.20. The van der Waals surface area contributed by atoms with Crippen LogP contribution in [0.2, 0.25) is 0 Å². The van der Waals surface area contributed by atoms with E-state index in [0.717, 1.165) is 0 Å². The molecule has 0 unspecified atom stereocenters. The van der Waals surface area contributed by atoms with Crippen molar-refractivity contribution in [3.63, 3.8) is 0 Å². The molecule has 0 bridgehead atoms. The van der Waals surface area contributed by atoms with E-state index in [1.807, 2.05) is 0 Å². The molecule has 0 fully saturated rings. The Morgan fingerprint density at radius 1 is 1.00 bits per heavy atom. The molecule has 0 aliphatic heterocycles. The highest BCUT2D eigenvalue weighted by molar-refractivity contribution is 6.05. The molecular weight excluding hydrogens is 438 g/mol. The molecule has 172 valence electrons. The molecule has 0 aliphatic rings. The Morgan fingerprint density at radius 3 is 2.53 bits per heavy atom. The van der Waals surface area contributed by atoms with Crippen molar-refractivity contribution in [1.82, 2.24) is 14.6 Å². The fraction of sp³-hybridized carbons (Fsp3) is 0.125. The first kappa shape index (κ1) is 22.5. The molecule has 4 aromatic rings. The van der Waals surface area contributed by atoms with Gasteiger partial charge in [0.05, 0.1) is 18.5 Å². The molecule has 0 saturated carbocycles. The average molecular weight is 459 g/mol. The third-order valence-corrected chi connectivity index (χ3v) is 4.89. The summed E-state index contributed by atoms with van der Waals surface area (Å²) in [6.07, 6.45) is 3.21. The molecule has 2 N–H and O–H groups in total. The van der Waals surface area contributed by atoms with Crippen LogP contribution in [-0.2, 0) is 9.53 Å². The largest absolute Gasteiger partial charge is 0.495 e. The summed E-state index contributed by atoms with van der Waals surface area (Å²) in [6, 6.07) is 15.1. The number of benzene rings is 2. The van der Waals surface area contributed by atoms with Crippen LogP contribution in [0.3, 0.4) is 0 Å². The molecule has 10 nitrogen and oxygen atoms in total. The number of hydrogen-bond acceptors (Lipinski definition) is 7. The Balaban J connectivity index is 1.33. The fourth-order valence-corrected chi connectivity index (χ4v) is 3.28. The van der Waals surface area contributed by atoms with E-state index in [9.17, 15) is 14.4 Å². The predicted octanol–water partition coefficient (Wildman–Crippen LogP) is 3.09. The number of aromatic nitrogens is 3. The molecule has 0 spiro atoms. The minimum absolute atomic E-state index is 0.207. The van der Waals surface area contributed by atoms with Gasteiger partial charge in [-0.1, -0.05) is 12.1 Å². The van der Waals surface area contributed by atoms with Crippen LogP contribution in [0.1, 0.15) is 26.4 Å². The zero-order chi connectivity index (χ0) is 24.1. The summed E-state index contributed by atoms with van der Waals surface area (Å²) < 4.78 is 11.8. The summed E-state index contributed by atoms with van der Waals surface area (Å²) in [5, 5.41) is 9.61. The molecule has 0 radical (unpaired) electrons. The van der Waals surface area contributed by atoms with Crippen LogP contribution in [0.5, 0.6) is 5.75 Å². The molecule has 0 aliphatic carbocycles. The van der Waals surface area contributed by atoms with Crippen LogP contribution < -0.4 is 15.4 Å². The number of anilines is 2. The molecule has 0 saturated heterocycles. The van der Waals surface area contributed by atoms with E-state index >= 15 is 0 Å². The smallest absolute Gasteiger partial charge is 0.344 e. The SMILES string of the molecule is COc1ccccc1NC(=O)c1ccc(NC(=O)COC(=O)c2c(C)nn3cccnc23)cc1. The van der Waals surface area contributed by atoms with E-state index < -0.39 is 18.5 Å². The van der Waals surface area contributed by atoms with E-state index in [0.29, 0.717) is 34.0 Å². The minimum atomic E-state index is -0.690. The maximum Gasteiger partial charge on any atom is 0.344 e. The molecule has 2 amide bonds. The Labute approximate surface area is 194 Å². The number of rotatable bonds is 7. The number of nitrogens with one attached hydrogen (secondary N) is 2. The molecule has 34 heavy (non-hydrogen) atoms. The summed E-state index contributed by atoms with van der Waals surface area (Å²) in [5.41, 5.74) is 2.40. The first-order valence-corrected chi connectivity index (χ1v) is 10.3. The molecule has 10 heteroatoms. The van der Waals surface area contributed by atoms with Gasteiger partial charge in [-0.2, -0.15) is 5.10 Å². The Morgan fingerprint density at radius 2 is 1.76 bits per heavy atom. The number of ether oxygens (including phenoxy) is 2. The van der Waals surface area contributed by atoms with Gasteiger partial charge in [-0.15, -0.1) is 0 Å². The quantitative estimate of drug-likeness (QED) is 0.407. The number of carbonyl (C=O) groups is 3. The Kier molecular flexibility index (Phi) is 6.49. The van der Waals surface area contributed by atoms with Gasteiger partial charge in [0.15, 0.2) is 12.3 Å². The normalized spacial score (nSPS) is 10.5. The van der Waals surface area contributed by atoms with E-state index in [1.165, 1.54) is 11.6 Å². The van der Waals surface area contributed by atoms with Crippen LogP contribution in [0.4, 0.5) is 11.4 Å². The van der Waals surface area contributed by atoms with Crippen molar-refractivity contribution in [3.8, 4) is 5.75 Å². The highest BCUT2D eigenvalue weighted by Crippen LogP contribution is 2.24. The summed E-state index contributed by atoms with van der Waals surface area (Å²) in [7, 11) is 1.52. The predicted molar refractivity (Wildman–Crippen MR) is 124 cm³/mol. The summed E-state index contributed by atoms with van der Waals surface area (Å²) in [4.78, 5) is 41.4. The zero-order valence-corrected chi connectivity index (χ0v) is 18.4. The van der Waals surface area contributed by atoms with Gasteiger partial charge < -0.3 is 20.1 Å². The van der Waals surface area contributed by atoms with E-state index in [4.69, 9.17) is 9.47 Å². The molecule has 2 aromatic carbocycles. The summed E-state index contributed by atoms with van der Waals surface area (Å²) >= 11 is 0. The van der Waals surface area contributed by atoms with Gasteiger partial charge in [0, 0.05) is 23.6 Å². The van der Waals surface area contributed by atoms with Gasteiger partial charge in [-0.3, -0.25) is 9.59 Å². The number of esters is 1. The summed E-state index contributed by atoms with van der Waals surface area (Å²) in [6.45, 7) is 1.18. The lowest BCUT2D eigenvalue weighted by Crippen LogP contribution is -2.21. The maximum atomic E-state index is 12.5. The monoisotopic (exact) mass is 459 g/mol. The summed E-state index contributed by atoms with van der Waals surface area (Å²) in [5.74, 6) is -0.996. The minimum Gasteiger partial charge on any atom is -0.495 e. The lowest BCUT2D eigenvalue weighted by molar-refractivity contribution is -0.119. The number of carbonyl (C=O) groups excluding carboxylic acids is 3. The van der Waals surface area contributed by atoms with Crippen molar-refractivity contribution in [2.24, 2.45) is 0 Å². The van der Waals surface area contributed by atoms with Crippen LogP contribution >= 0.6 is 0 Å². The second-order valence-electron chi connectivity index (χ2n) is 7.20. The number of amides is 2. The average Bonchev–Trinajstić information content (AvgIpc) is 3.19. The van der Waals surface area contributed by atoms with Crippen molar-refractivity contribution in [2.75, 3.05) is 24.4 Å². The van der Waals surface area contributed by atoms with Gasteiger partial charge in [-0.25, -0.2) is 14.3 Å². The van der Waals surface area contributed by atoms with Gasteiger partial charge in [0.1, 0.15) is 11.3 Å². The van der Waals surface area contributed by atoms with Crippen molar-refractivity contribution in [3.05, 3.63) is 83.8 Å². The third-order valence-electron chi connectivity index (χ3n) is 4.89. The number of fused-ring (bicyclic) bond motifs is 1. The topological polar surface area (TPSA) is 124 Å². The van der Waals surface area contributed by atoms with Gasteiger partial charge >= 0.3 is 5.97 Å². The van der Waals surface area contributed by atoms with Crippen molar-refractivity contribution in [2.45, 2.75) is 6.92 Å². The Hall–Kier alpha value is -4.73. The molecule has 0 atom stereocenters. The first-order chi connectivity index (χ1) is 16.5. The highest BCUT2D eigenvalue weighted by atomic mass is 16.5. The Bertz CT molecular complexity index is 1360. The number of methoxy groups -OCH3 is 1. The van der Waals surface area contributed by atoms with Crippen molar-refractivity contribution < 1.29 is 23.9 Å². The molecule has 2 heterocycles. The third kappa shape index (κ3) is 4.85. The molecule has 2 aromatic heterocycles. The molecule has 4 rings (SSSR count). The van der Waals surface area contributed by atoms with Crippen molar-refractivity contribution in [1.29, 1.82) is 0 Å². The number of para-hydroxylation sites is 2. The number of hydrogen-bond donors (Lipinski definition) is 2. The maximum absolute atomic E-state index is 12.5. The van der Waals surface area contributed by atoms with Crippen LogP contribution in [0.25, 0.3) is 5.65 Å². The lowest BCUT2D eigenvalue weighted by atomic mass is 10.2.